The molecule has 0 aliphatic rings. The Balaban J connectivity index is 1.98. The lowest BCUT2D eigenvalue weighted by Gasteiger charge is -2.36. The summed E-state index contributed by atoms with van der Waals surface area (Å²) in [5.41, 5.74) is 0.732. The largest absolute Gasteiger partial charge is 0.532 e. The van der Waals surface area contributed by atoms with Crippen LogP contribution in [-0.4, -0.2) is 36.1 Å². The maximum absolute atomic E-state index is 6.19. The number of ether oxygens (including phenoxy) is 2. The number of hydrogen-bond donors (Lipinski definition) is 0. The molecule has 0 N–H and O–H groups in total. The van der Waals surface area contributed by atoms with Crippen molar-refractivity contribution in [3.63, 3.8) is 0 Å². The number of rotatable bonds is 11. The molecular weight excluding hydrogens is 482 g/mol. The van der Waals surface area contributed by atoms with Gasteiger partial charge in [0.25, 0.3) is 0 Å². The van der Waals surface area contributed by atoms with Gasteiger partial charge >= 0.3 is 0 Å². The van der Waals surface area contributed by atoms with Gasteiger partial charge in [0.1, 0.15) is 23.9 Å². The first kappa shape index (κ1) is 28.2. The Morgan fingerprint density at radius 2 is 1.59 bits per heavy atom. The van der Waals surface area contributed by atoms with Crippen LogP contribution in [0.1, 0.15) is 26.3 Å². The molecule has 0 spiro atoms. The normalized spacial score (nSPS) is 12.6. The van der Waals surface area contributed by atoms with E-state index in [-0.39, 0.29) is 5.04 Å². The lowest BCUT2D eigenvalue weighted by Crippen LogP contribution is -2.41. The van der Waals surface area contributed by atoms with Crippen molar-refractivity contribution in [2.75, 3.05) is 13.2 Å². The van der Waals surface area contributed by atoms with Crippen LogP contribution in [0.5, 0.6) is 17.2 Å². The Morgan fingerprint density at radius 3 is 2.18 bits per heavy atom. The van der Waals surface area contributed by atoms with E-state index in [9.17, 15) is 0 Å². The molecule has 8 heteroatoms. The van der Waals surface area contributed by atoms with Gasteiger partial charge in [-0.15, -0.1) is 0 Å². The summed E-state index contributed by atoms with van der Waals surface area (Å²) in [5, 5.41) is 0.778. The molecule has 5 nitrogen and oxygen atoms in total. The number of hydrogen-bond acceptors (Lipinski definition) is 5. The molecule has 0 bridgehead atoms. The zero-order valence-electron chi connectivity index (χ0n) is 21.7. The summed E-state index contributed by atoms with van der Waals surface area (Å²) in [6.45, 7) is 22.4. The van der Waals surface area contributed by atoms with E-state index < -0.39 is 16.6 Å². The maximum atomic E-state index is 6.19. The van der Waals surface area contributed by atoms with Gasteiger partial charge in [-0.05, 0) is 86.8 Å². The minimum atomic E-state index is -1.77. The summed E-state index contributed by atoms with van der Waals surface area (Å²) in [7, 11) is -3.53. The highest BCUT2D eigenvalue weighted by Crippen LogP contribution is 2.36. The maximum Gasteiger partial charge on any atom is 0.244 e. The second kappa shape index (κ2) is 11.6. The average molecular weight is 520 g/mol. The van der Waals surface area contributed by atoms with Gasteiger partial charge in [-0.1, -0.05) is 32.4 Å². The van der Waals surface area contributed by atoms with Crippen LogP contribution in [0.15, 0.2) is 59.9 Å². The summed E-state index contributed by atoms with van der Waals surface area (Å²) in [6.07, 6.45) is 1.66. The van der Waals surface area contributed by atoms with Gasteiger partial charge in [-0.3, -0.25) is 0 Å². The van der Waals surface area contributed by atoms with Crippen LogP contribution in [0.2, 0.25) is 42.8 Å². The summed E-state index contributed by atoms with van der Waals surface area (Å²) in [6, 6.07) is 12.9. The third-order valence-corrected chi connectivity index (χ3v) is 11.0. The van der Waals surface area contributed by atoms with Gasteiger partial charge in [-0.2, -0.15) is 0 Å². The third kappa shape index (κ3) is 9.29. The Morgan fingerprint density at radius 1 is 0.971 bits per heavy atom. The first-order chi connectivity index (χ1) is 15.7. The molecule has 2 aromatic carbocycles. The molecule has 0 amide bonds. The quantitative estimate of drug-likeness (QED) is 0.130. The molecular formula is C26H38ClNO4Si2. The zero-order valence-corrected chi connectivity index (χ0v) is 24.5. The molecule has 0 heterocycles. The van der Waals surface area contributed by atoms with Gasteiger partial charge < -0.3 is 18.3 Å². The molecule has 2 rings (SSSR count). The topological polar surface area (TPSA) is 49.3 Å². The molecule has 0 aliphatic heterocycles. The van der Waals surface area contributed by atoms with Gasteiger partial charge in [0.15, 0.2) is 14.2 Å². The second-order valence-corrected chi connectivity index (χ2v) is 20.3. The fraction of sp³-hybridized carbons (Fsp3) is 0.423. The fourth-order valence-electron chi connectivity index (χ4n) is 2.64. The highest BCUT2D eigenvalue weighted by Gasteiger charge is 2.36. The predicted octanol–water partition coefficient (Wildman–Crippen LogP) is 8.27. The van der Waals surface area contributed by atoms with Crippen LogP contribution in [0.25, 0.3) is 0 Å². The highest BCUT2D eigenvalue weighted by atomic mass is 35.5. The molecule has 2 aromatic rings. The number of benzene rings is 2. The lowest BCUT2D eigenvalue weighted by atomic mass is 10.2. The molecule has 186 valence electrons. The van der Waals surface area contributed by atoms with Gasteiger partial charge in [0.05, 0.1) is 6.61 Å². The SMILES string of the molecule is C=C(/N=C/c1cc(Cl)ccc1Oc1ccc(OCCO[Si](C)(C)C(C)(C)C)cc1)O[Si](C)(C)C. The van der Waals surface area contributed by atoms with E-state index in [1.807, 2.05) is 30.3 Å². The Kier molecular flexibility index (Phi) is 9.59. The highest BCUT2D eigenvalue weighted by molar-refractivity contribution is 6.74. The number of halogens is 1. The average Bonchev–Trinajstić information content (AvgIpc) is 2.70. The van der Waals surface area contributed by atoms with E-state index >= 15 is 0 Å². The molecule has 0 atom stereocenters. The summed E-state index contributed by atoms with van der Waals surface area (Å²) < 4.78 is 23.9. The van der Waals surface area contributed by atoms with Crippen LogP contribution in [0.4, 0.5) is 0 Å². The van der Waals surface area contributed by atoms with Crippen LogP contribution >= 0.6 is 11.6 Å². The molecule has 0 saturated heterocycles. The molecule has 0 saturated carbocycles. The van der Waals surface area contributed by atoms with Crippen molar-refractivity contribution < 1.29 is 18.3 Å². The monoisotopic (exact) mass is 519 g/mol. The summed E-state index contributed by atoms with van der Waals surface area (Å²) in [5.74, 6) is 2.46. The lowest BCUT2D eigenvalue weighted by molar-refractivity contribution is 0.203. The Hall–Kier alpha value is -2.07. The minimum Gasteiger partial charge on any atom is -0.532 e. The molecule has 0 fully saturated rings. The summed E-state index contributed by atoms with van der Waals surface area (Å²) in [4.78, 5) is 4.34. The number of aliphatic imine (C=N–C) groups is 1. The Labute approximate surface area is 212 Å². The van der Waals surface area contributed by atoms with Gasteiger partial charge in [0.2, 0.25) is 8.32 Å². The Bertz CT molecular complexity index is 993. The first-order valence-electron chi connectivity index (χ1n) is 11.4. The fourth-order valence-corrected chi connectivity index (χ4v) is 4.60. The standard InChI is InChI=1S/C26H38ClNO4Si2/c1-20(32-33(5,6)7)28-19-21-18-22(27)10-15-25(21)31-24-13-11-23(12-14-24)29-16-17-30-34(8,9)26(2,3)4/h10-15,18-19H,1,16-17H2,2-9H3/b28-19+. The first-order valence-corrected chi connectivity index (χ1v) is 18.1. The van der Waals surface area contributed by atoms with Crippen molar-refractivity contribution in [3.8, 4) is 17.2 Å². The van der Waals surface area contributed by atoms with Gasteiger partial charge in [-0.25, -0.2) is 4.99 Å². The van der Waals surface area contributed by atoms with Crippen LogP contribution in [0, 0.1) is 0 Å². The third-order valence-electron chi connectivity index (χ3n) is 5.42. The molecule has 0 aromatic heterocycles. The van der Waals surface area contributed by atoms with E-state index in [1.54, 1.807) is 18.3 Å². The summed E-state index contributed by atoms with van der Waals surface area (Å²) >= 11 is 6.19. The molecule has 0 unspecified atom stereocenters. The van der Waals surface area contributed by atoms with Crippen molar-refractivity contribution >= 4 is 34.5 Å². The van der Waals surface area contributed by atoms with E-state index in [0.717, 1.165) is 11.3 Å². The van der Waals surface area contributed by atoms with Crippen molar-refractivity contribution in [1.29, 1.82) is 0 Å². The van der Waals surface area contributed by atoms with Crippen molar-refractivity contribution in [2.45, 2.75) is 58.5 Å². The molecule has 0 radical (unpaired) electrons. The van der Waals surface area contributed by atoms with Crippen LogP contribution in [-0.2, 0) is 8.85 Å². The van der Waals surface area contributed by atoms with E-state index in [2.05, 4.69) is 65.1 Å². The zero-order chi connectivity index (χ0) is 25.6. The number of nitrogens with zero attached hydrogens (tertiary/aromatic N) is 1. The van der Waals surface area contributed by atoms with Crippen LogP contribution in [0.3, 0.4) is 0 Å². The minimum absolute atomic E-state index is 0.186. The molecule has 34 heavy (non-hydrogen) atoms. The molecule has 0 aliphatic carbocycles. The van der Waals surface area contributed by atoms with E-state index in [4.69, 9.17) is 29.9 Å². The van der Waals surface area contributed by atoms with E-state index in [0.29, 0.717) is 35.6 Å². The van der Waals surface area contributed by atoms with Crippen molar-refractivity contribution in [3.05, 3.63) is 65.5 Å². The predicted molar refractivity (Wildman–Crippen MR) is 148 cm³/mol. The van der Waals surface area contributed by atoms with Crippen molar-refractivity contribution in [2.24, 2.45) is 4.99 Å². The van der Waals surface area contributed by atoms with Crippen molar-refractivity contribution in [1.82, 2.24) is 0 Å². The second-order valence-electron chi connectivity index (χ2n) is 10.6. The van der Waals surface area contributed by atoms with Crippen LogP contribution < -0.4 is 9.47 Å². The smallest absolute Gasteiger partial charge is 0.244 e. The van der Waals surface area contributed by atoms with Gasteiger partial charge in [0, 0.05) is 16.8 Å². The van der Waals surface area contributed by atoms with E-state index in [1.165, 1.54) is 0 Å².